The highest BCUT2D eigenvalue weighted by molar-refractivity contribution is 14.1. The number of benzene rings is 1. The van der Waals surface area contributed by atoms with Gasteiger partial charge in [-0.2, -0.15) is 26.6 Å². The molecule has 0 amide bonds. The number of hydrogen-bond donors (Lipinski definition) is 3. The molecule has 8 nitrogen and oxygen atoms in total. The van der Waals surface area contributed by atoms with Crippen molar-refractivity contribution < 1.29 is 25.8 Å². The van der Waals surface area contributed by atoms with Gasteiger partial charge in [-0.05, 0) is 47.2 Å². The first-order valence-electron chi connectivity index (χ1n) is 5.58. The standard InChI is InChI=1S/C10H11F3IN5O3S/c1-4-2-7(22-23(20,21)10(11,12)13)6(3-5(4)14)18-9(17)19-8(15)16/h2-3H,1H3,(H6,15,16,17,18,19). The molecule has 1 rings (SSSR count). The van der Waals surface area contributed by atoms with Gasteiger partial charge in [0.15, 0.2) is 11.7 Å². The van der Waals surface area contributed by atoms with Gasteiger partial charge in [-0.1, -0.05) is 0 Å². The van der Waals surface area contributed by atoms with E-state index in [4.69, 9.17) is 17.2 Å². The molecule has 0 aliphatic rings. The summed E-state index contributed by atoms with van der Waals surface area (Å²) in [5.74, 6) is -1.58. The van der Waals surface area contributed by atoms with Gasteiger partial charge in [0.25, 0.3) is 0 Å². The molecule has 128 valence electrons. The molecular weight excluding hydrogens is 454 g/mol. The molecule has 0 radical (unpaired) electrons. The Morgan fingerprint density at radius 1 is 1.26 bits per heavy atom. The number of alkyl halides is 3. The lowest BCUT2D eigenvalue weighted by Gasteiger charge is -2.12. The molecule has 0 bridgehead atoms. The van der Waals surface area contributed by atoms with Gasteiger partial charge in [0.05, 0.1) is 0 Å². The van der Waals surface area contributed by atoms with Crippen LogP contribution in [0, 0.1) is 10.5 Å². The van der Waals surface area contributed by atoms with Crippen molar-refractivity contribution in [2.45, 2.75) is 12.4 Å². The van der Waals surface area contributed by atoms with Crippen molar-refractivity contribution >= 4 is 50.3 Å². The maximum atomic E-state index is 12.4. The second kappa shape index (κ2) is 6.77. The Morgan fingerprint density at radius 2 is 1.83 bits per heavy atom. The van der Waals surface area contributed by atoms with Crippen LogP contribution in [0.4, 0.5) is 18.9 Å². The fraction of sp³-hybridized carbons (Fsp3) is 0.200. The molecule has 0 aliphatic carbocycles. The number of nitrogens with zero attached hydrogens (tertiary/aromatic N) is 2. The van der Waals surface area contributed by atoms with Gasteiger partial charge >= 0.3 is 15.6 Å². The van der Waals surface area contributed by atoms with Gasteiger partial charge in [-0.25, -0.2) is 4.99 Å². The van der Waals surface area contributed by atoms with Crippen LogP contribution in [0.5, 0.6) is 5.75 Å². The molecule has 1 aromatic carbocycles. The first-order valence-corrected chi connectivity index (χ1v) is 8.07. The predicted octanol–water partition coefficient (Wildman–Crippen LogP) is 1.05. The van der Waals surface area contributed by atoms with E-state index in [-0.39, 0.29) is 5.69 Å². The third kappa shape index (κ3) is 5.12. The lowest BCUT2D eigenvalue weighted by atomic mass is 10.2. The number of hydrogen-bond acceptors (Lipinski definition) is 4. The smallest absolute Gasteiger partial charge is 0.374 e. The Kier molecular flexibility index (Phi) is 5.68. The van der Waals surface area contributed by atoms with Gasteiger partial charge < -0.3 is 21.4 Å². The minimum absolute atomic E-state index is 0.282. The zero-order chi connectivity index (χ0) is 18.0. The van der Waals surface area contributed by atoms with Crippen LogP contribution >= 0.6 is 22.6 Å². The molecule has 0 aromatic heterocycles. The molecular formula is C10H11F3IN5O3S. The molecule has 0 saturated carbocycles. The van der Waals surface area contributed by atoms with Gasteiger partial charge in [-0.3, -0.25) is 0 Å². The number of guanidine groups is 2. The summed E-state index contributed by atoms with van der Waals surface area (Å²) in [5, 5.41) is 0. The Bertz CT molecular complexity index is 773. The molecule has 1 aromatic rings. The van der Waals surface area contributed by atoms with Gasteiger partial charge in [0.2, 0.25) is 5.96 Å². The van der Waals surface area contributed by atoms with Crippen LogP contribution in [0.25, 0.3) is 0 Å². The SMILES string of the molecule is Cc1cc(OS(=O)(=O)C(F)(F)F)c(N=C(N)N=C(N)N)cc1I. The van der Waals surface area contributed by atoms with Crippen molar-refractivity contribution in [1.29, 1.82) is 0 Å². The first-order chi connectivity index (χ1) is 10.3. The Balaban J connectivity index is 3.43. The average molecular weight is 465 g/mol. The maximum Gasteiger partial charge on any atom is 0.534 e. The highest BCUT2D eigenvalue weighted by atomic mass is 127. The van der Waals surface area contributed by atoms with Crippen LogP contribution in [-0.4, -0.2) is 25.8 Å². The van der Waals surface area contributed by atoms with E-state index in [1.165, 1.54) is 6.07 Å². The summed E-state index contributed by atoms with van der Waals surface area (Å²) in [6.07, 6.45) is 0. The van der Waals surface area contributed by atoms with Crippen LogP contribution in [0.1, 0.15) is 5.56 Å². The highest BCUT2D eigenvalue weighted by Gasteiger charge is 2.48. The third-order valence-corrected chi connectivity index (χ3v) is 4.33. The Morgan fingerprint density at radius 3 is 2.30 bits per heavy atom. The van der Waals surface area contributed by atoms with Crippen molar-refractivity contribution in [3.8, 4) is 5.75 Å². The minimum Gasteiger partial charge on any atom is -0.374 e. The molecule has 6 N–H and O–H groups in total. The van der Waals surface area contributed by atoms with E-state index < -0.39 is 33.3 Å². The maximum absolute atomic E-state index is 12.4. The van der Waals surface area contributed by atoms with Gasteiger partial charge in [0, 0.05) is 3.57 Å². The normalized spacial score (nSPS) is 12.8. The Labute approximate surface area is 142 Å². The quantitative estimate of drug-likeness (QED) is 0.200. The summed E-state index contributed by atoms with van der Waals surface area (Å²) in [4.78, 5) is 7.03. The van der Waals surface area contributed by atoms with E-state index in [1.807, 2.05) is 22.6 Å². The molecule has 0 unspecified atom stereocenters. The van der Waals surface area contributed by atoms with Crippen molar-refractivity contribution in [1.82, 2.24) is 0 Å². The highest BCUT2D eigenvalue weighted by Crippen LogP contribution is 2.35. The molecule has 0 spiro atoms. The topological polar surface area (TPSA) is 146 Å². The number of aliphatic imine (C=N–C) groups is 2. The summed E-state index contributed by atoms with van der Waals surface area (Å²) in [7, 11) is -5.86. The number of aryl methyl sites for hydroxylation is 1. The number of rotatable bonds is 3. The van der Waals surface area contributed by atoms with E-state index in [2.05, 4.69) is 14.2 Å². The van der Waals surface area contributed by atoms with E-state index in [0.717, 1.165) is 6.07 Å². The van der Waals surface area contributed by atoms with E-state index in [9.17, 15) is 21.6 Å². The fourth-order valence-electron chi connectivity index (χ4n) is 1.24. The summed E-state index contributed by atoms with van der Waals surface area (Å²) in [6, 6.07) is 2.35. The zero-order valence-corrected chi connectivity index (χ0v) is 14.4. The second-order valence-corrected chi connectivity index (χ2v) is 6.76. The summed E-state index contributed by atoms with van der Waals surface area (Å²) < 4.78 is 64.3. The van der Waals surface area contributed by atoms with Crippen LogP contribution in [-0.2, 0) is 10.1 Å². The molecule has 0 heterocycles. The van der Waals surface area contributed by atoms with Crippen molar-refractivity contribution in [3.05, 3.63) is 21.3 Å². The summed E-state index contributed by atoms with van der Waals surface area (Å²) >= 11 is 1.87. The van der Waals surface area contributed by atoms with Crippen molar-refractivity contribution in [3.63, 3.8) is 0 Å². The third-order valence-electron chi connectivity index (χ3n) is 2.20. The van der Waals surface area contributed by atoms with Crippen LogP contribution < -0.4 is 21.4 Å². The monoisotopic (exact) mass is 465 g/mol. The summed E-state index contributed by atoms with van der Waals surface area (Å²) in [5.41, 5.74) is 10.2. The zero-order valence-electron chi connectivity index (χ0n) is 11.4. The predicted molar refractivity (Wildman–Crippen MR) is 86.6 cm³/mol. The summed E-state index contributed by atoms with van der Waals surface area (Å²) in [6.45, 7) is 1.54. The van der Waals surface area contributed by atoms with E-state index in [0.29, 0.717) is 9.13 Å². The number of halogens is 4. The van der Waals surface area contributed by atoms with Gasteiger partial charge in [-0.15, -0.1) is 0 Å². The lowest BCUT2D eigenvalue weighted by molar-refractivity contribution is -0.0499. The van der Waals surface area contributed by atoms with E-state index >= 15 is 0 Å². The fourth-order valence-corrected chi connectivity index (χ4v) is 2.16. The Hall–Kier alpha value is -1.77. The lowest BCUT2D eigenvalue weighted by Crippen LogP contribution is -2.28. The molecule has 0 aliphatic heterocycles. The van der Waals surface area contributed by atoms with E-state index in [1.54, 1.807) is 6.92 Å². The van der Waals surface area contributed by atoms with Crippen LogP contribution in [0.15, 0.2) is 22.1 Å². The average Bonchev–Trinajstić information content (AvgIpc) is 2.32. The largest absolute Gasteiger partial charge is 0.534 e. The van der Waals surface area contributed by atoms with Crippen LogP contribution in [0.3, 0.4) is 0 Å². The van der Waals surface area contributed by atoms with Gasteiger partial charge in [0.1, 0.15) is 5.69 Å². The van der Waals surface area contributed by atoms with Crippen LogP contribution in [0.2, 0.25) is 0 Å². The van der Waals surface area contributed by atoms with Crippen molar-refractivity contribution in [2.75, 3.05) is 0 Å². The molecule has 0 atom stereocenters. The minimum atomic E-state index is -5.86. The molecule has 23 heavy (non-hydrogen) atoms. The number of nitrogens with two attached hydrogens (primary N) is 3. The molecule has 0 saturated heterocycles. The molecule has 13 heteroatoms. The molecule has 0 fully saturated rings. The first kappa shape index (κ1) is 19.3. The second-order valence-electron chi connectivity index (χ2n) is 4.06. The van der Waals surface area contributed by atoms with Crippen molar-refractivity contribution in [2.24, 2.45) is 27.2 Å².